The van der Waals surface area contributed by atoms with Gasteiger partial charge in [-0.3, -0.25) is 14.8 Å². The van der Waals surface area contributed by atoms with Crippen LogP contribution in [0.2, 0.25) is 0 Å². The van der Waals surface area contributed by atoms with E-state index in [1.807, 2.05) is 30.3 Å². The quantitative estimate of drug-likeness (QED) is 0.401. The second-order valence-electron chi connectivity index (χ2n) is 7.41. The van der Waals surface area contributed by atoms with Crippen LogP contribution >= 0.6 is 0 Å². The Balaban J connectivity index is 1.73. The van der Waals surface area contributed by atoms with Gasteiger partial charge >= 0.3 is 6.18 Å². The van der Waals surface area contributed by atoms with E-state index in [1.54, 1.807) is 6.07 Å². The average Bonchev–Trinajstić information content (AvgIpc) is 3.33. The number of aromatic amines is 1. The van der Waals surface area contributed by atoms with Crippen molar-refractivity contribution < 1.29 is 22.4 Å². The maximum Gasteiger partial charge on any atom is 0.416 e. The van der Waals surface area contributed by atoms with Crippen LogP contribution in [0.4, 0.5) is 23.2 Å². The molecule has 8 heteroatoms. The number of hydrogen-bond donors (Lipinski definition) is 1. The first-order valence-corrected chi connectivity index (χ1v) is 9.74. The van der Waals surface area contributed by atoms with Crippen LogP contribution in [0.3, 0.4) is 0 Å². The Labute approximate surface area is 180 Å². The van der Waals surface area contributed by atoms with Crippen molar-refractivity contribution in [2.45, 2.75) is 12.2 Å². The summed E-state index contributed by atoms with van der Waals surface area (Å²) in [6.07, 6.45) is -4.57. The van der Waals surface area contributed by atoms with E-state index >= 15 is 0 Å². The van der Waals surface area contributed by atoms with Crippen molar-refractivity contribution in [3.63, 3.8) is 0 Å². The molecule has 1 aliphatic rings. The first kappa shape index (κ1) is 20.0. The summed E-state index contributed by atoms with van der Waals surface area (Å²) in [5.41, 5.74) is 1.47. The Morgan fingerprint density at radius 3 is 2.38 bits per heavy atom. The van der Waals surface area contributed by atoms with Crippen LogP contribution in [-0.4, -0.2) is 16.1 Å². The number of fused-ring (bicyclic) bond motifs is 1. The molecular formula is C24H15F4N3O. The number of rotatable bonds is 3. The molecule has 4 aromatic rings. The zero-order chi connectivity index (χ0) is 22.5. The molecule has 0 saturated heterocycles. The molecule has 1 N–H and O–H groups in total. The number of aromatic nitrogens is 2. The predicted molar refractivity (Wildman–Crippen MR) is 111 cm³/mol. The number of nitrogens with zero attached hydrogens (tertiary/aromatic N) is 2. The minimum Gasteiger partial charge on any atom is -0.295 e. The maximum absolute atomic E-state index is 14.1. The van der Waals surface area contributed by atoms with Gasteiger partial charge in [0.05, 0.1) is 17.3 Å². The summed E-state index contributed by atoms with van der Waals surface area (Å²) in [6.45, 7) is 0. The Morgan fingerprint density at radius 2 is 1.66 bits per heavy atom. The highest BCUT2D eigenvalue weighted by Crippen LogP contribution is 2.45. The second kappa shape index (κ2) is 7.33. The van der Waals surface area contributed by atoms with Gasteiger partial charge in [-0.2, -0.15) is 18.3 Å². The smallest absolute Gasteiger partial charge is 0.295 e. The molecule has 0 saturated carbocycles. The van der Waals surface area contributed by atoms with Crippen molar-refractivity contribution in [2.75, 3.05) is 4.90 Å². The molecule has 5 rings (SSSR count). The molecule has 1 aliphatic heterocycles. The first-order valence-electron chi connectivity index (χ1n) is 9.74. The van der Waals surface area contributed by atoms with Crippen LogP contribution in [-0.2, 0) is 6.18 Å². The zero-order valence-electron chi connectivity index (χ0n) is 16.4. The van der Waals surface area contributed by atoms with E-state index in [0.717, 1.165) is 17.7 Å². The molecule has 3 aromatic carbocycles. The SMILES string of the molecule is O=C1c2[nH]nc(-c3ccccc3)c2[C@@H](c2cccc(F)c2)N1c1cccc(C(F)(F)F)c1. The number of nitrogens with one attached hydrogen (secondary N) is 1. The predicted octanol–water partition coefficient (Wildman–Crippen LogP) is 5.98. The van der Waals surface area contributed by atoms with Crippen LogP contribution in [0.25, 0.3) is 11.3 Å². The zero-order valence-corrected chi connectivity index (χ0v) is 16.4. The topological polar surface area (TPSA) is 49.0 Å². The van der Waals surface area contributed by atoms with Gasteiger partial charge in [0.1, 0.15) is 11.5 Å². The molecule has 1 aromatic heterocycles. The molecule has 1 atom stereocenters. The summed E-state index contributed by atoms with van der Waals surface area (Å²) in [5.74, 6) is -1.06. The molecule has 0 fully saturated rings. The number of amides is 1. The molecule has 160 valence electrons. The minimum atomic E-state index is -4.57. The third-order valence-electron chi connectivity index (χ3n) is 5.43. The van der Waals surface area contributed by atoms with Crippen molar-refractivity contribution in [2.24, 2.45) is 0 Å². The highest BCUT2D eigenvalue weighted by molar-refractivity contribution is 6.11. The summed E-state index contributed by atoms with van der Waals surface area (Å²) in [7, 11) is 0. The summed E-state index contributed by atoms with van der Waals surface area (Å²) in [5, 5.41) is 7.03. The number of carbonyl (C=O) groups excluding carboxylic acids is 1. The van der Waals surface area contributed by atoms with Crippen molar-refractivity contribution in [1.29, 1.82) is 0 Å². The molecule has 0 aliphatic carbocycles. The number of H-pyrrole nitrogens is 1. The van der Waals surface area contributed by atoms with Gasteiger partial charge in [0.25, 0.3) is 5.91 Å². The molecule has 0 bridgehead atoms. The molecule has 0 spiro atoms. The third kappa shape index (κ3) is 3.24. The fourth-order valence-corrected chi connectivity index (χ4v) is 4.05. The number of benzene rings is 3. The van der Waals surface area contributed by atoms with E-state index in [1.165, 1.54) is 35.2 Å². The standard InChI is InChI=1S/C24H15F4N3O/c25-17-10-4-8-15(12-17)22-19-20(14-6-2-1-3-7-14)29-30-21(19)23(32)31(22)18-11-5-9-16(13-18)24(26,27)28/h1-13,22H,(H,29,30)/t22-/m1/s1. The van der Waals surface area contributed by atoms with Gasteiger partial charge in [-0.05, 0) is 35.9 Å². The van der Waals surface area contributed by atoms with Gasteiger partial charge in [-0.15, -0.1) is 0 Å². The van der Waals surface area contributed by atoms with Gasteiger partial charge in [-0.1, -0.05) is 48.5 Å². The number of hydrogen-bond acceptors (Lipinski definition) is 2. The van der Waals surface area contributed by atoms with Crippen LogP contribution in [0, 0.1) is 5.82 Å². The summed E-state index contributed by atoms with van der Waals surface area (Å²) >= 11 is 0. The highest BCUT2D eigenvalue weighted by Gasteiger charge is 2.43. The highest BCUT2D eigenvalue weighted by atomic mass is 19.4. The molecule has 0 unspecified atom stereocenters. The summed E-state index contributed by atoms with van der Waals surface area (Å²) in [4.78, 5) is 14.6. The molecular weight excluding hydrogens is 422 g/mol. The first-order chi connectivity index (χ1) is 15.3. The van der Waals surface area contributed by atoms with E-state index in [0.29, 0.717) is 16.8 Å². The molecule has 4 nitrogen and oxygen atoms in total. The number of carbonyl (C=O) groups is 1. The van der Waals surface area contributed by atoms with Crippen molar-refractivity contribution >= 4 is 11.6 Å². The minimum absolute atomic E-state index is 0.0581. The van der Waals surface area contributed by atoms with E-state index in [9.17, 15) is 22.4 Å². The number of alkyl halides is 3. The van der Waals surface area contributed by atoms with Gasteiger partial charge in [-0.25, -0.2) is 4.39 Å². The van der Waals surface area contributed by atoms with Crippen LogP contribution in [0.5, 0.6) is 0 Å². The monoisotopic (exact) mass is 437 g/mol. The van der Waals surface area contributed by atoms with Gasteiger partial charge in [0.2, 0.25) is 0 Å². The average molecular weight is 437 g/mol. The fourth-order valence-electron chi connectivity index (χ4n) is 4.05. The fraction of sp³-hybridized carbons (Fsp3) is 0.0833. The number of halogens is 4. The van der Waals surface area contributed by atoms with E-state index in [-0.39, 0.29) is 11.4 Å². The van der Waals surface area contributed by atoms with Gasteiger partial charge in [0.15, 0.2) is 0 Å². The normalized spacial score (nSPS) is 15.8. The lowest BCUT2D eigenvalue weighted by molar-refractivity contribution is -0.137. The Morgan fingerprint density at radius 1 is 0.906 bits per heavy atom. The summed E-state index contributed by atoms with van der Waals surface area (Å²) in [6, 6.07) is 18.5. The summed E-state index contributed by atoms with van der Waals surface area (Å²) < 4.78 is 54.1. The molecule has 32 heavy (non-hydrogen) atoms. The van der Waals surface area contributed by atoms with Crippen LogP contribution in [0.1, 0.15) is 33.2 Å². The number of anilines is 1. The van der Waals surface area contributed by atoms with Gasteiger partial charge < -0.3 is 0 Å². The molecule has 1 amide bonds. The van der Waals surface area contributed by atoms with E-state index in [4.69, 9.17) is 0 Å². The molecule has 0 radical (unpaired) electrons. The van der Waals surface area contributed by atoms with Crippen LogP contribution < -0.4 is 4.90 Å². The molecule has 2 heterocycles. The van der Waals surface area contributed by atoms with Gasteiger partial charge in [0, 0.05) is 16.8 Å². The largest absolute Gasteiger partial charge is 0.416 e. The van der Waals surface area contributed by atoms with Crippen molar-refractivity contribution in [3.05, 3.63) is 107 Å². The van der Waals surface area contributed by atoms with E-state index in [2.05, 4.69) is 10.2 Å². The van der Waals surface area contributed by atoms with E-state index < -0.39 is 29.5 Å². The van der Waals surface area contributed by atoms with Crippen molar-refractivity contribution in [1.82, 2.24) is 10.2 Å². The lowest BCUT2D eigenvalue weighted by atomic mass is 9.95. The second-order valence-corrected chi connectivity index (χ2v) is 7.41. The van der Waals surface area contributed by atoms with Crippen LogP contribution in [0.15, 0.2) is 78.9 Å². The lowest BCUT2D eigenvalue weighted by Crippen LogP contribution is -2.29. The Bertz CT molecular complexity index is 1310. The van der Waals surface area contributed by atoms with Crippen molar-refractivity contribution in [3.8, 4) is 11.3 Å². The Hall–Kier alpha value is -3.94. The maximum atomic E-state index is 14.1. The lowest BCUT2D eigenvalue weighted by Gasteiger charge is -2.27. The Kier molecular flexibility index (Phi) is 4.58. The third-order valence-corrected chi connectivity index (χ3v) is 5.43.